The molecule has 0 unspecified atom stereocenters. The fourth-order valence-electron chi connectivity index (χ4n) is 4.81. The van der Waals surface area contributed by atoms with Gasteiger partial charge in [0.2, 0.25) is 5.91 Å². The van der Waals surface area contributed by atoms with Crippen LogP contribution in [0.4, 0.5) is 10.5 Å². The van der Waals surface area contributed by atoms with Crippen LogP contribution >= 0.6 is 0 Å². The molecule has 2 N–H and O–H groups in total. The summed E-state index contributed by atoms with van der Waals surface area (Å²) in [4.78, 5) is 27.8. The van der Waals surface area contributed by atoms with Crippen LogP contribution in [-0.4, -0.2) is 41.1 Å². The summed E-state index contributed by atoms with van der Waals surface area (Å²) in [5.41, 5.74) is 5.06. The zero-order valence-corrected chi connectivity index (χ0v) is 17.6. The fourth-order valence-corrected chi connectivity index (χ4v) is 4.81. The van der Waals surface area contributed by atoms with Crippen molar-refractivity contribution in [1.29, 1.82) is 0 Å². The molecular weight excluding hydrogens is 378 g/mol. The quantitative estimate of drug-likeness (QED) is 0.788. The molecule has 0 bridgehead atoms. The van der Waals surface area contributed by atoms with Crippen LogP contribution in [0, 0.1) is 0 Å². The van der Waals surface area contributed by atoms with E-state index in [1.54, 1.807) is 11.8 Å². The van der Waals surface area contributed by atoms with Crippen LogP contribution < -0.4 is 10.2 Å². The number of amides is 2. The van der Waals surface area contributed by atoms with Gasteiger partial charge in [0, 0.05) is 25.2 Å². The summed E-state index contributed by atoms with van der Waals surface area (Å²) in [7, 11) is 0. The van der Waals surface area contributed by atoms with Gasteiger partial charge in [-0.25, -0.2) is 4.79 Å². The summed E-state index contributed by atoms with van der Waals surface area (Å²) in [6, 6.07) is 14.2. The lowest BCUT2D eigenvalue weighted by atomic mass is 9.89. The van der Waals surface area contributed by atoms with E-state index in [2.05, 4.69) is 34.5 Å². The van der Waals surface area contributed by atoms with Crippen molar-refractivity contribution in [3.05, 3.63) is 53.6 Å². The first-order valence-electron chi connectivity index (χ1n) is 10.7. The predicted molar refractivity (Wildman–Crippen MR) is 118 cm³/mol. The Balaban J connectivity index is 1.63. The van der Waals surface area contributed by atoms with Crippen molar-refractivity contribution in [3.8, 4) is 11.1 Å². The van der Waals surface area contributed by atoms with Gasteiger partial charge in [0.25, 0.3) is 0 Å². The van der Waals surface area contributed by atoms with E-state index >= 15 is 0 Å². The Labute approximate surface area is 177 Å². The van der Waals surface area contributed by atoms with Crippen molar-refractivity contribution in [2.24, 2.45) is 0 Å². The van der Waals surface area contributed by atoms with Crippen LogP contribution in [0.3, 0.4) is 0 Å². The third kappa shape index (κ3) is 4.19. The van der Waals surface area contributed by atoms with E-state index in [4.69, 9.17) is 0 Å². The number of hydrogen-bond acceptors (Lipinski definition) is 3. The molecule has 0 saturated carbocycles. The molecule has 2 aromatic carbocycles. The number of anilines is 1. The maximum absolute atomic E-state index is 12.2. The van der Waals surface area contributed by atoms with Crippen LogP contribution in [0.5, 0.6) is 0 Å². The van der Waals surface area contributed by atoms with Gasteiger partial charge in [0.15, 0.2) is 0 Å². The average Bonchev–Trinajstić information content (AvgIpc) is 3.21. The minimum absolute atomic E-state index is 0.0310. The molecule has 2 aliphatic rings. The molecule has 0 aliphatic carbocycles. The molecular formula is C24H29N3O3. The number of benzene rings is 2. The van der Waals surface area contributed by atoms with Crippen molar-refractivity contribution in [3.63, 3.8) is 0 Å². The van der Waals surface area contributed by atoms with E-state index in [9.17, 15) is 14.7 Å². The van der Waals surface area contributed by atoms with Gasteiger partial charge in [-0.15, -0.1) is 0 Å². The van der Waals surface area contributed by atoms with Gasteiger partial charge >= 0.3 is 6.09 Å². The third-order valence-electron chi connectivity index (χ3n) is 6.21. The minimum atomic E-state index is -1.05. The molecule has 6 nitrogen and oxygen atoms in total. The van der Waals surface area contributed by atoms with Crippen LogP contribution in [0.15, 0.2) is 42.5 Å². The van der Waals surface area contributed by atoms with E-state index in [1.165, 1.54) is 31.5 Å². The number of rotatable bonds is 4. The Hall–Kier alpha value is -2.86. The molecule has 2 atom stereocenters. The van der Waals surface area contributed by atoms with Crippen LogP contribution in [0.25, 0.3) is 11.1 Å². The number of fused-ring (bicyclic) bond motifs is 1. The van der Waals surface area contributed by atoms with Gasteiger partial charge in [-0.1, -0.05) is 30.3 Å². The van der Waals surface area contributed by atoms with Crippen molar-refractivity contribution in [2.75, 3.05) is 18.0 Å². The summed E-state index contributed by atoms with van der Waals surface area (Å²) in [5.74, 6) is -0.0310. The largest absolute Gasteiger partial charge is 0.465 e. The Morgan fingerprint density at radius 1 is 1.07 bits per heavy atom. The summed E-state index contributed by atoms with van der Waals surface area (Å²) in [6.07, 6.45) is 2.08. The summed E-state index contributed by atoms with van der Waals surface area (Å²) < 4.78 is 0. The normalized spacial score (nSPS) is 21.3. The standard InChI is InChI=1S/C24H29N3O3/c1-16-13-22(25-24(29)30)21-14-20(9-10-23(21)27(16)17(2)28)19-7-5-18(6-8-19)15-26-11-3-4-12-26/h5-10,14,16,22,25H,3-4,11-13,15H2,1-2H3,(H,29,30)/t16-,22+/m0/s1. The Morgan fingerprint density at radius 3 is 2.37 bits per heavy atom. The molecule has 2 aliphatic heterocycles. The molecule has 0 spiro atoms. The van der Waals surface area contributed by atoms with Crippen LogP contribution in [0.2, 0.25) is 0 Å². The number of hydrogen-bond donors (Lipinski definition) is 2. The summed E-state index contributed by atoms with van der Waals surface area (Å²) >= 11 is 0. The molecule has 2 heterocycles. The SMILES string of the molecule is CC(=O)N1c2ccc(-c3ccc(CN4CCCC4)cc3)cc2[C@H](NC(=O)O)C[C@@H]1C. The first kappa shape index (κ1) is 20.4. The number of nitrogens with zero attached hydrogens (tertiary/aromatic N) is 2. The highest BCUT2D eigenvalue weighted by Gasteiger charge is 2.33. The zero-order chi connectivity index (χ0) is 21.3. The number of likely N-dealkylation sites (tertiary alicyclic amines) is 1. The highest BCUT2D eigenvalue weighted by atomic mass is 16.4. The van der Waals surface area contributed by atoms with E-state index in [1.807, 2.05) is 25.1 Å². The first-order valence-corrected chi connectivity index (χ1v) is 10.7. The molecule has 158 valence electrons. The van der Waals surface area contributed by atoms with E-state index in [-0.39, 0.29) is 18.0 Å². The van der Waals surface area contributed by atoms with Gasteiger partial charge in [0.1, 0.15) is 0 Å². The third-order valence-corrected chi connectivity index (χ3v) is 6.21. The summed E-state index contributed by atoms with van der Waals surface area (Å²) in [6.45, 7) is 6.85. The molecule has 1 fully saturated rings. The summed E-state index contributed by atoms with van der Waals surface area (Å²) in [5, 5.41) is 11.9. The molecule has 30 heavy (non-hydrogen) atoms. The van der Waals surface area contributed by atoms with E-state index in [0.717, 1.165) is 28.9 Å². The smallest absolute Gasteiger partial charge is 0.405 e. The van der Waals surface area contributed by atoms with Crippen molar-refractivity contribution in [2.45, 2.75) is 51.7 Å². The topological polar surface area (TPSA) is 72.9 Å². The van der Waals surface area contributed by atoms with Gasteiger partial charge in [-0.2, -0.15) is 0 Å². The number of carbonyl (C=O) groups is 2. The Kier molecular flexibility index (Phi) is 5.77. The molecule has 0 radical (unpaired) electrons. The molecule has 6 heteroatoms. The zero-order valence-electron chi connectivity index (χ0n) is 17.6. The first-order chi connectivity index (χ1) is 14.4. The second-order valence-corrected chi connectivity index (χ2v) is 8.43. The van der Waals surface area contributed by atoms with Gasteiger partial charge in [-0.05, 0) is 73.7 Å². The highest BCUT2D eigenvalue weighted by molar-refractivity contribution is 5.94. The van der Waals surface area contributed by atoms with Crippen molar-refractivity contribution >= 4 is 17.7 Å². The molecule has 1 saturated heterocycles. The molecule has 0 aromatic heterocycles. The van der Waals surface area contributed by atoms with Gasteiger partial charge in [-0.3, -0.25) is 9.69 Å². The van der Waals surface area contributed by atoms with Crippen LogP contribution in [0.1, 0.15) is 50.3 Å². The van der Waals surface area contributed by atoms with Gasteiger partial charge < -0.3 is 15.3 Å². The minimum Gasteiger partial charge on any atom is -0.465 e. The number of nitrogens with one attached hydrogen (secondary N) is 1. The lowest BCUT2D eigenvalue weighted by Gasteiger charge is -2.39. The van der Waals surface area contributed by atoms with E-state index in [0.29, 0.717) is 6.42 Å². The predicted octanol–water partition coefficient (Wildman–Crippen LogP) is 4.40. The number of carboxylic acid groups (broad SMARTS) is 1. The highest BCUT2D eigenvalue weighted by Crippen LogP contribution is 2.39. The Bertz CT molecular complexity index is 935. The second-order valence-electron chi connectivity index (χ2n) is 8.43. The van der Waals surface area contributed by atoms with Gasteiger partial charge in [0.05, 0.1) is 6.04 Å². The molecule has 2 amide bonds. The lowest BCUT2D eigenvalue weighted by molar-refractivity contribution is -0.117. The number of carbonyl (C=O) groups excluding carboxylic acids is 1. The van der Waals surface area contributed by atoms with E-state index < -0.39 is 6.09 Å². The monoisotopic (exact) mass is 407 g/mol. The maximum Gasteiger partial charge on any atom is 0.405 e. The Morgan fingerprint density at radius 2 is 1.73 bits per heavy atom. The fraction of sp³-hybridized carbons (Fsp3) is 0.417. The maximum atomic E-state index is 12.2. The molecule has 4 rings (SSSR count). The lowest BCUT2D eigenvalue weighted by Crippen LogP contribution is -2.45. The van der Waals surface area contributed by atoms with Crippen molar-refractivity contribution < 1.29 is 14.7 Å². The van der Waals surface area contributed by atoms with Crippen LogP contribution in [-0.2, 0) is 11.3 Å². The second kappa shape index (κ2) is 8.48. The van der Waals surface area contributed by atoms with Crippen molar-refractivity contribution in [1.82, 2.24) is 10.2 Å². The molecule has 2 aromatic rings. The average molecular weight is 408 g/mol.